The third-order valence-electron chi connectivity index (χ3n) is 11.9. The van der Waals surface area contributed by atoms with Crippen molar-refractivity contribution in [1.82, 2.24) is 30.5 Å². The average Bonchev–Trinajstić information content (AvgIpc) is 3.40. The molecule has 3 fully saturated rings. The summed E-state index contributed by atoms with van der Waals surface area (Å²) in [4.78, 5) is 68.0. The van der Waals surface area contributed by atoms with Crippen LogP contribution in [0.25, 0.3) is 0 Å². The van der Waals surface area contributed by atoms with E-state index >= 15 is 0 Å². The molecule has 0 bridgehead atoms. The molecule has 0 spiro atoms. The van der Waals surface area contributed by atoms with Crippen LogP contribution in [0.2, 0.25) is 0 Å². The molecule has 1 aromatic rings. The number of hydrogen-bond donors (Lipinski definition) is 5. The minimum absolute atomic E-state index is 0.0361. The van der Waals surface area contributed by atoms with Gasteiger partial charge < -0.3 is 31.3 Å². The van der Waals surface area contributed by atoms with Gasteiger partial charge >= 0.3 is 12.0 Å². The molecule has 320 valence electrons. The number of fused-ring (bicyclic) bond motifs is 1. The van der Waals surface area contributed by atoms with Crippen molar-refractivity contribution in [3.63, 3.8) is 0 Å². The Morgan fingerprint density at radius 1 is 1.00 bits per heavy atom. The minimum atomic E-state index is -3.58. The number of alkyl halides is 2. The molecule has 57 heavy (non-hydrogen) atoms. The minimum Gasteiger partial charge on any atom is -0.478 e. The Balaban J connectivity index is 1.53. The molecule has 1 aromatic carbocycles. The summed E-state index contributed by atoms with van der Waals surface area (Å²) in [5.41, 5.74) is -2.14. The Labute approximate surface area is 331 Å². The van der Waals surface area contributed by atoms with E-state index in [9.17, 15) is 50.0 Å². The number of likely N-dealkylation sites (N-methyl/N-ethyl adjacent to an activating group) is 1. The number of carbonyl (C=O) groups excluding carboxylic acids is 4. The summed E-state index contributed by atoms with van der Waals surface area (Å²) in [5.74, 6) is -7.11. The highest BCUT2D eigenvalue weighted by Crippen LogP contribution is 2.65. The first-order valence-corrected chi connectivity index (χ1v) is 21.1. The summed E-state index contributed by atoms with van der Waals surface area (Å²) in [7, 11) is -2.18. The highest BCUT2D eigenvalue weighted by atomic mass is 32.2. The van der Waals surface area contributed by atoms with Crippen molar-refractivity contribution in [3.8, 4) is 0 Å². The number of aromatic carboxylic acids is 1. The van der Waals surface area contributed by atoms with Crippen LogP contribution in [0.5, 0.6) is 0 Å². The van der Waals surface area contributed by atoms with Crippen LogP contribution in [0.15, 0.2) is 12.1 Å². The van der Waals surface area contributed by atoms with E-state index in [-0.39, 0.29) is 30.8 Å². The number of sulfonamides is 1. The highest BCUT2D eigenvalue weighted by Gasteiger charge is 2.69. The summed E-state index contributed by atoms with van der Waals surface area (Å²) < 4.78 is 82.0. The normalized spacial score (nSPS) is 22.3. The standard InChI is InChI=1S/C38H56F4N6O8S/c1-37(2,3)27(19-47(6)57(7,55)56)45-36(54)46-30(20-11-9-8-10-12-20)34(51)48-18-23-29(38(23,4)5)31(48)33(50)44-26(17-28(41)42)32(49)43-14-13-22-24(39)15-21(35(52)53)16-25(22)40/h15-16,20,23,26-31H,8-14,17-19H2,1-7H3,(H,43,49)(H,44,50)(H,52,53)(H2,45,46,54)/t23?,26-,27+,29?,30-,31-/m0/s1. The van der Waals surface area contributed by atoms with Gasteiger partial charge in [-0.3, -0.25) is 14.4 Å². The number of likely N-dealkylation sites (tertiary alicyclic amines) is 1. The molecule has 0 radical (unpaired) electrons. The molecule has 6 atom stereocenters. The molecular formula is C38H56F4N6O8S. The summed E-state index contributed by atoms with van der Waals surface area (Å²) in [6, 6.07) is -4.13. The molecule has 1 heterocycles. The van der Waals surface area contributed by atoms with Gasteiger partial charge in [0, 0.05) is 44.7 Å². The monoisotopic (exact) mass is 832 g/mol. The van der Waals surface area contributed by atoms with Crippen LogP contribution in [0.3, 0.4) is 0 Å². The molecule has 4 rings (SSSR count). The number of carboxylic acids is 1. The third-order valence-corrected chi connectivity index (χ3v) is 13.2. The van der Waals surface area contributed by atoms with Crippen molar-refractivity contribution >= 4 is 39.7 Å². The first-order valence-electron chi connectivity index (χ1n) is 19.2. The topological polar surface area (TPSA) is 194 Å². The molecule has 2 saturated carbocycles. The maximum atomic E-state index is 14.6. The lowest BCUT2D eigenvalue weighted by atomic mass is 9.83. The molecule has 14 nitrogen and oxygen atoms in total. The second-order valence-electron chi connectivity index (χ2n) is 17.3. The van der Waals surface area contributed by atoms with Gasteiger partial charge in [-0.05, 0) is 60.0 Å². The Kier molecular flexibility index (Phi) is 14.3. The number of rotatable bonds is 16. The van der Waals surface area contributed by atoms with E-state index in [1.165, 1.54) is 11.9 Å². The third kappa shape index (κ3) is 11.1. The fourth-order valence-corrected chi connectivity index (χ4v) is 8.60. The number of hydrogen-bond acceptors (Lipinski definition) is 7. The van der Waals surface area contributed by atoms with Crippen LogP contribution in [-0.4, -0.2) is 116 Å². The Morgan fingerprint density at radius 2 is 1.60 bits per heavy atom. The fourth-order valence-electron chi connectivity index (χ4n) is 8.18. The zero-order chi connectivity index (χ0) is 42.8. The van der Waals surface area contributed by atoms with Gasteiger partial charge in [0.05, 0.1) is 11.8 Å². The highest BCUT2D eigenvalue weighted by molar-refractivity contribution is 7.88. The molecule has 5 amide bonds. The summed E-state index contributed by atoms with van der Waals surface area (Å²) in [5, 5.41) is 19.4. The summed E-state index contributed by atoms with van der Waals surface area (Å²) in [6.07, 6.45) is 0.256. The van der Waals surface area contributed by atoms with Crippen LogP contribution in [0.1, 0.15) is 89.1 Å². The van der Waals surface area contributed by atoms with Crippen LogP contribution in [0, 0.1) is 40.2 Å². The zero-order valence-electron chi connectivity index (χ0n) is 33.5. The Hall–Kier alpha value is -4.00. The number of benzene rings is 1. The zero-order valence-corrected chi connectivity index (χ0v) is 34.3. The lowest BCUT2D eigenvalue weighted by Gasteiger charge is -2.38. The van der Waals surface area contributed by atoms with E-state index in [4.69, 9.17) is 5.11 Å². The Morgan fingerprint density at radius 3 is 2.12 bits per heavy atom. The second-order valence-corrected chi connectivity index (χ2v) is 19.4. The number of urea groups is 1. The largest absolute Gasteiger partial charge is 0.478 e. The van der Waals surface area contributed by atoms with Crippen molar-refractivity contribution < 1.29 is 55.1 Å². The molecule has 1 aliphatic heterocycles. The van der Waals surface area contributed by atoms with Gasteiger partial charge in [-0.25, -0.2) is 39.9 Å². The maximum Gasteiger partial charge on any atom is 0.335 e. The molecule has 19 heteroatoms. The van der Waals surface area contributed by atoms with Crippen molar-refractivity contribution in [2.45, 2.75) is 110 Å². The van der Waals surface area contributed by atoms with Crippen molar-refractivity contribution in [3.05, 3.63) is 34.9 Å². The number of nitrogens with one attached hydrogen (secondary N) is 4. The molecule has 0 aromatic heterocycles. The van der Waals surface area contributed by atoms with Crippen LogP contribution in [0.4, 0.5) is 22.4 Å². The van der Waals surface area contributed by atoms with Crippen molar-refractivity contribution in [1.29, 1.82) is 0 Å². The van der Waals surface area contributed by atoms with Crippen LogP contribution in [-0.2, 0) is 30.8 Å². The number of carboxylic acid groups (broad SMARTS) is 1. The first-order chi connectivity index (χ1) is 26.3. The van der Waals surface area contributed by atoms with Gasteiger partial charge in [0.1, 0.15) is 29.8 Å². The van der Waals surface area contributed by atoms with Gasteiger partial charge in [0.15, 0.2) is 0 Å². The van der Waals surface area contributed by atoms with Crippen LogP contribution < -0.4 is 21.3 Å². The van der Waals surface area contributed by atoms with E-state index in [1.807, 2.05) is 34.6 Å². The SMILES string of the molecule is CN(C[C@@H](NC(=O)N[C@H](C(=O)N1CC2C([C@H]1C(=O)N[C@@H](CC(F)F)C(=O)NCCc1c(F)cc(C(=O)O)cc1F)C2(C)C)C1CCCCC1)C(C)(C)C)S(C)(=O)=O. The molecule has 3 aliphatic rings. The Bertz CT molecular complexity index is 1780. The molecule has 2 aliphatic carbocycles. The number of carbonyl (C=O) groups is 5. The number of halogens is 4. The van der Waals surface area contributed by atoms with Gasteiger partial charge in [-0.1, -0.05) is 53.9 Å². The first kappa shape index (κ1) is 45.7. The fraction of sp³-hybridized carbons (Fsp3) is 0.711. The van der Waals surface area contributed by atoms with E-state index in [0.29, 0.717) is 25.0 Å². The number of amides is 5. The predicted octanol–water partition coefficient (Wildman–Crippen LogP) is 3.50. The number of nitrogens with zero attached hydrogens (tertiary/aromatic N) is 2. The van der Waals surface area contributed by atoms with Gasteiger partial charge in [-0.2, -0.15) is 0 Å². The van der Waals surface area contributed by atoms with Gasteiger partial charge in [0.25, 0.3) is 0 Å². The van der Waals surface area contributed by atoms with Crippen molar-refractivity contribution in [2.24, 2.45) is 28.6 Å². The van der Waals surface area contributed by atoms with E-state index < -0.39 is 123 Å². The lowest BCUT2D eigenvalue weighted by Crippen LogP contribution is -2.62. The van der Waals surface area contributed by atoms with E-state index in [2.05, 4.69) is 21.3 Å². The van der Waals surface area contributed by atoms with E-state index in [0.717, 1.165) is 29.8 Å². The second kappa shape index (κ2) is 17.9. The maximum absolute atomic E-state index is 14.6. The average molecular weight is 833 g/mol. The smallest absolute Gasteiger partial charge is 0.335 e. The van der Waals surface area contributed by atoms with Crippen LogP contribution >= 0.6 is 0 Å². The quantitative estimate of drug-likeness (QED) is 0.156. The number of piperidine rings is 1. The summed E-state index contributed by atoms with van der Waals surface area (Å²) >= 11 is 0. The molecular weight excluding hydrogens is 777 g/mol. The van der Waals surface area contributed by atoms with E-state index in [1.54, 1.807) is 0 Å². The van der Waals surface area contributed by atoms with Gasteiger partial charge in [0.2, 0.25) is 34.2 Å². The van der Waals surface area contributed by atoms with Crippen molar-refractivity contribution in [2.75, 3.05) is 32.9 Å². The molecule has 2 unspecified atom stereocenters. The lowest BCUT2D eigenvalue weighted by molar-refractivity contribution is -0.144. The van der Waals surface area contributed by atoms with Gasteiger partial charge in [-0.15, -0.1) is 0 Å². The predicted molar refractivity (Wildman–Crippen MR) is 202 cm³/mol. The molecule has 1 saturated heterocycles. The summed E-state index contributed by atoms with van der Waals surface area (Å²) in [6.45, 7) is 9.02. The molecule has 5 N–H and O–H groups in total.